The van der Waals surface area contributed by atoms with Crippen molar-refractivity contribution in [2.75, 3.05) is 25.1 Å². The number of nitrogens with zero attached hydrogens (tertiary/aromatic N) is 1. The van der Waals surface area contributed by atoms with Gasteiger partial charge in [-0.2, -0.15) is 0 Å². The Bertz CT molecular complexity index is 631. The number of amides is 1. The Morgan fingerprint density at radius 2 is 1.96 bits per heavy atom. The molecule has 0 unspecified atom stereocenters. The second-order valence-corrected chi connectivity index (χ2v) is 9.04. The number of carbonyl (C=O) groups excluding carboxylic acids is 1. The molecule has 1 aliphatic heterocycles. The molecular formula is C18H28N2O3S. The van der Waals surface area contributed by atoms with Crippen molar-refractivity contribution in [1.82, 2.24) is 10.2 Å². The highest BCUT2D eigenvalue weighted by atomic mass is 32.2. The number of rotatable bonds is 8. The second kappa shape index (κ2) is 8.62. The summed E-state index contributed by atoms with van der Waals surface area (Å²) in [6.07, 6.45) is 3.37. The monoisotopic (exact) mass is 352 g/mol. The second-order valence-electron chi connectivity index (χ2n) is 6.78. The summed E-state index contributed by atoms with van der Waals surface area (Å²) in [7, 11) is -3.10. The fourth-order valence-electron chi connectivity index (χ4n) is 3.32. The van der Waals surface area contributed by atoms with Crippen LogP contribution in [0.1, 0.15) is 31.7 Å². The highest BCUT2D eigenvalue weighted by Gasteiger charge is 2.32. The predicted molar refractivity (Wildman–Crippen MR) is 96.4 cm³/mol. The van der Waals surface area contributed by atoms with Gasteiger partial charge in [-0.15, -0.1) is 0 Å². The Morgan fingerprint density at radius 3 is 2.58 bits per heavy atom. The summed E-state index contributed by atoms with van der Waals surface area (Å²) < 4.78 is 22.4. The van der Waals surface area contributed by atoms with Gasteiger partial charge in [-0.3, -0.25) is 9.69 Å². The van der Waals surface area contributed by atoms with E-state index in [4.69, 9.17) is 0 Å². The molecule has 0 saturated carbocycles. The summed E-state index contributed by atoms with van der Waals surface area (Å²) in [5, 5.41) is 3.06. The van der Waals surface area contributed by atoms with Gasteiger partial charge in [0.15, 0.2) is 0 Å². The van der Waals surface area contributed by atoms with Crippen LogP contribution in [-0.4, -0.2) is 50.4 Å². The number of hydrogen-bond donors (Lipinski definition) is 1. The van der Waals surface area contributed by atoms with Gasteiger partial charge in [-0.1, -0.05) is 43.7 Å². The Kier molecular flexibility index (Phi) is 6.80. The molecule has 0 radical (unpaired) electrons. The van der Waals surface area contributed by atoms with Gasteiger partial charge >= 0.3 is 0 Å². The third-order valence-electron chi connectivity index (χ3n) is 4.47. The first-order chi connectivity index (χ1) is 11.4. The molecule has 2 atom stereocenters. The van der Waals surface area contributed by atoms with Crippen molar-refractivity contribution in [1.29, 1.82) is 0 Å². The third-order valence-corrected chi connectivity index (χ3v) is 5.42. The topological polar surface area (TPSA) is 66.5 Å². The first-order valence-electron chi connectivity index (χ1n) is 8.60. The Hall–Kier alpha value is -1.40. The highest BCUT2D eigenvalue weighted by Crippen LogP contribution is 2.23. The zero-order chi connectivity index (χ0) is 17.6. The molecule has 1 saturated heterocycles. The molecule has 0 bridgehead atoms. The van der Waals surface area contributed by atoms with Crippen LogP contribution in [0.3, 0.4) is 0 Å². The molecule has 5 nitrogen and oxygen atoms in total. The largest absolute Gasteiger partial charge is 0.352 e. The van der Waals surface area contributed by atoms with E-state index < -0.39 is 9.84 Å². The summed E-state index contributed by atoms with van der Waals surface area (Å²) in [5.74, 6) is 0.187. The minimum Gasteiger partial charge on any atom is -0.352 e. The maximum atomic E-state index is 12.1. The average molecular weight is 353 g/mol. The Labute approximate surface area is 145 Å². The molecule has 0 aliphatic carbocycles. The molecule has 1 amide bonds. The first kappa shape index (κ1) is 18.9. The third kappa shape index (κ3) is 6.24. The smallest absolute Gasteiger partial charge is 0.221 e. The molecule has 1 heterocycles. The van der Waals surface area contributed by atoms with Crippen molar-refractivity contribution in [2.24, 2.45) is 5.92 Å². The van der Waals surface area contributed by atoms with E-state index in [0.29, 0.717) is 5.92 Å². The summed E-state index contributed by atoms with van der Waals surface area (Å²) in [5.41, 5.74) is 1.27. The van der Waals surface area contributed by atoms with E-state index in [1.165, 1.54) is 5.56 Å². The zero-order valence-electron chi connectivity index (χ0n) is 14.6. The molecule has 2 rings (SSSR count). The van der Waals surface area contributed by atoms with Gasteiger partial charge in [-0.25, -0.2) is 8.42 Å². The average Bonchev–Trinajstić information content (AvgIpc) is 2.87. The van der Waals surface area contributed by atoms with Crippen molar-refractivity contribution in [3.05, 3.63) is 35.9 Å². The van der Waals surface area contributed by atoms with Crippen molar-refractivity contribution in [3.63, 3.8) is 0 Å². The van der Waals surface area contributed by atoms with E-state index in [9.17, 15) is 13.2 Å². The summed E-state index contributed by atoms with van der Waals surface area (Å²) in [4.78, 5) is 14.4. The van der Waals surface area contributed by atoms with Crippen LogP contribution in [-0.2, 0) is 21.2 Å². The van der Waals surface area contributed by atoms with Gasteiger partial charge in [0.1, 0.15) is 9.84 Å². The molecular weight excluding hydrogens is 324 g/mol. The van der Waals surface area contributed by atoms with E-state index >= 15 is 0 Å². The highest BCUT2D eigenvalue weighted by molar-refractivity contribution is 7.90. The summed E-state index contributed by atoms with van der Waals surface area (Å²) in [6, 6.07) is 10.4. The fourth-order valence-corrected chi connectivity index (χ4v) is 3.87. The lowest BCUT2D eigenvalue weighted by molar-refractivity contribution is -0.121. The van der Waals surface area contributed by atoms with Crippen LogP contribution in [0.2, 0.25) is 0 Å². The number of carbonyl (C=O) groups is 1. The predicted octanol–water partition coefficient (Wildman–Crippen LogP) is 1.84. The normalized spacial score (nSPS) is 21.8. The molecule has 1 aromatic rings. The van der Waals surface area contributed by atoms with E-state index in [-0.39, 0.29) is 24.1 Å². The van der Waals surface area contributed by atoms with E-state index in [1.807, 2.05) is 18.2 Å². The van der Waals surface area contributed by atoms with Crippen LogP contribution in [0.4, 0.5) is 0 Å². The van der Waals surface area contributed by atoms with Crippen LogP contribution >= 0.6 is 0 Å². The Balaban J connectivity index is 1.91. The van der Waals surface area contributed by atoms with Gasteiger partial charge in [0.2, 0.25) is 5.91 Å². The number of sulfone groups is 1. The van der Waals surface area contributed by atoms with Gasteiger partial charge < -0.3 is 5.32 Å². The molecule has 0 aromatic heterocycles. The Morgan fingerprint density at radius 1 is 1.25 bits per heavy atom. The first-order valence-corrected chi connectivity index (χ1v) is 10.7. The van der Waals surface area contributed by atoms with E-state index in [0.717, 1.165) is 38.7 Å². The van der Waals surface area contributed by atoms with Crippen molar-refractivity contribution in [3.8, 4) is 0 Å². The van der Waals surface area contributed by atoms with Gasteiger partial charge in [0.25, 0.3) is 0 Å². The summed E-state index contributed by atoms with van der Waals surface area (Å²) >= 11 is 0. The molecule has 134 valence electrons. The molecule has 1 aromatic carbocycles. The zero-order valence-corrected chi connectivity index (χ0v) is 15.4. The lowest BCUT2D eigenvalue weighted by Gasteiger charge is -2.19. The minimum atomic E-state index is -3.10. The maximum absolute atomic E-state index is 12.1. The van der Waals surface area contributed by atoms with Gasteiger partial charge in [-0.05, 0) is 17.9 Å². The number of likely N-dealkylation sites (tertiary alicyclic amines) is 1. The van der Waals surface area contributed by atoms with Gasteiger partial charge in [0.05, 0.1) is 5.75 Å². The molecule has 6 heteroatoms. The lowest BCUT2D eigenvalue weighted by Crippen LogP contribution is -2.41. The molecule has 1 N–H and O–H groups in total. The SMILES string of the molecule is CCC[C@H]1CN(Cc2ccccc2)C[C@@H]1NC(=O)CCS(C)(=O)=O. The number of hydrogen-bond acceptors (Lipinski definition) is 4. The fraction of sp³-hybridized carbons (Fsp3) is 0.611. The molecule has 1 aliphatic rings. The number of nitrogens with one attached hydrogen (secondary N) is 1. The quantitative estimate of drug-likeness (QED) is 0.775. The van der Waals surface area contributed by atoms with Crippen molar-refractivity contribution < 1.29 is 13.2 Å². The molecule has 1 fully saturated rings. The van der Waals surface area contributed by atoms with Crippen molar-refractivity contribution >= 4 is 15.7 Å². The van der Waals surface area contributed by atoms with Crippen LogP contribution in [0.15, 0.2) is 30.3 Å². The molecule has 0 spiro atoms. The number of benzene rings is 1. The van der Waals surface area contributed by atoms with Gasteiger partial charge in [0, 0.05) is 38.4 Å². The summed E-state index contributed by atoms with van der Waals surface area (Å²) in [6.45, 7) is 4.84. The van der Waals surface area contributed by atoms with Crippen LogP contribution < -0.4 is 5.32 Å². The molecule has 24 heavy (non-hydrogen) atoms. The van der Waals surface area contributed by atoms with Crippen LogP contribution in [0, 0.1) is 5.92 Å². The lowest BCUT2D eigenvalue weighted by atomic mass is 9.98. The maximum Gasteiger partial charge on any atom is 0.221 e. The van der Waals surface area contributed by atoms with E-state index in [2.05, 4.69) is 29.3 Å². The van der Waals surface area contributed by atoms with Crippen molar-refractivity contribution in [2.45, 2.75) is 38.8 Å². The van der Waals surface area contributed by atoms with E-state index in [1.54, 1.807) is 0 Å². The minimum absolute atomic E-state index is 0.0485. The van der Waals surface area contributed by atoms with Crippen LogP contribution in [0.5, 0.6) is 0 Å². The van der Waals surface area contributed by atoms with Crippen LogP contribution in [0.25, 0.3) is 0 Å². The standard InChI is InChI=1S/C18H28N2O3S/c1-3-7-16-13-20(12-15-8-5-4-6-9-15)14-17(16)19-18(21)10-11-24(2,22)23/h4-6,8-9,16-17H,3,7,10-14H2,1-2H3,(H,19,21)/t16-,17-/m0/s1.